The highest BCUT2D eigenvalue weighted by Crippen LogP contribution is 2.30. The van der Waals surface area contributed by atoms with E-state index in [2.05, 4.69) is 65.4 Å². The summed E-state index contributed by atoms with van der Waals surface area (Å²) in [5.74, 6) is 1.43. The first kappa shape index (κ1) is 17.1. The smallest absolute Gasteiger partial charge is 0.186 e. The molecule has 0 bridgehead atoms. The largest absolute Gasteiger partial charge is 0.212 e. The first-order chi connectivity index (χ1) is 13.6. The standard InChI is InChI=1S/C21H18N6S/c1-12-5-4-6-15(9-12)20-24-25-21-27(20)26-18(11-28-21)19-14(3)16-10-13(2)7-8-17(16)22-23-19/h4-10H,11H2,1-3H3. The van der Waals surface area contributed by atoms with Gasteiger partial charge in [-0.15, -0.1) is 20.4 Å². The molecule has 2 aromatic carbocycles. The molecule has 0 spiro atoms. The Hall–Kier alpha value is -3.06. The Morgan fingerprint density at radius 3 is 2.61 bits per heavy atom. The van der Waals surface area contributed by atoms with Crippen molar-refractivity contribution in [3.05, 3.63) is 64.8 Å². The molecule has 0 radical (unpaired) electrons. The quantitative estimate of drug-likeness (QED) is 0.517. The van der Waals surface area contributed by atoms with Gasteiger partial charge in [-0.1, -0.05) is 47.2 Å². The van der Waals surface area contributed by atoms with Crippen molar-refractivity contribution in [3.63, 3.8) is 0 Å². The number of hydrogen-bond donors (Lipinski definition) is 0. The molecule has 4 aromatic rings. The van der Waals surface area contributed by atoms with Crippen LogP contribution in [0.5, 0.6) is 0 Å². The third-order valence-electron chi connectivity index (χ3n) is 4.89. The fourth-order valence-electron chi connectivity index (χ4n) is 3.43. The van der Waals surface area contributed by atoms with Crippen LogP contribution in [0, 0.1) is 20.8 Å². The number of benzene rings is 2. The zero-order chi connectivity index (χ0) is 19.3. The SMILES string of the molecule is Cc1cccc(-c2nnc3n2N=C(c2nnc4ccc(C)cc4c2C)CS3)c1. The van der Waals surface area contributed by atoms with Crippen molar-refractivity contribution in [1.82, 2.24) is 25.1 Å². The van der Waals surface area contributed by atoms with E-state index in [0.717, 1.165) is 44.4 Å². The Morgan fingerprint density at radius 1 is 0.893 bits per heavy atom. The summed E-state index contributed by atoms with van der Waals surface area (Å²) < 4.78 is 1.82. The molecule has 3 heterocycles. The predicted octanol–water partition coefficient (Wildman–Crippen LogP) is 4.17. The van der Waals surface area contributed by atoms with Gasteiger partial charge in [0.1, 0.15) is 5.69 Å². The lowest BCUT2D eigenvalue weighted by Gasteiger charge is -2.15. The maximum Gasteiger partial charge on any atom is 0.212 e. The Labute approximate surface area is 166 Å². The Morgan fingerprint density at radius 2 is 1.75 bits per heavy atom. The molecule has 0 atom stereocenters. The lowest BCUT2D eigenvalue weighted by molar-refractivity contribution is 0.760. The Bertz CT molecular complexity index is 1260. The van der Waals surface area contributed by atoms with Gasteiger partial charge >= 0.3 is 0 Å². The molecule has 138 valence electrons. The number of aryl methyl sites for hydroxylation is 3. The first-order valence-corrected chi connectivity index (χ1v) is 10.1. The molecule has 0 unspecified atom stereocenters. The highest BCUT2D eigenvalue weighted by Gasteiger charge is 2.23. The summed E-state index contributed by atoms with van der Waals surface area (Å²) in [6, 6.07) is 14.4. The molecular weight excluding hydrogens is 368 g/mol. The van der Waals surface area contributed by atoms with Crippen molar-refractivity contribution in [3.8, 4) is 11.4 Å². The van der Waals surface area contributed by atoms with Gasteiger partial charge in [-0.2, -0.15) is 9.78 Å². The molecule has 0 saturated heterocycles. The predicted molar refractivity (Wildman–Crippen MR) is 112 cm³/mol. The van der Waals surface area contributed by atoms with Gasteiger partial charge in [0.25, 0.3) is 0 Å². The minimum Gasteiger partial charge on any atom is -0.186 e. The van der Waals surface area contributed by atoms with E-state index in [1.807, 2.05) is 22.9 Å². The van der Waals surface area contributed by atoms with Crippen LogP contribution in [0.2, 0.25) is 0 Å². The van der Waals surface area contributed by atoms with Gasteiger partial charge in [-0.3, -0.25) is 0 Å². The van der Waals surface area contributed by atoms with E-state index < -0.39 is 0 Å². The van der Waals surface area contributed by atoms with Crippen LogP contribution in [0.4, 0.5) is 0 Å². The third kappa shape index (κ3) is 2.79. The minimum atomic E-state index is 0.693. The average Bonchev–Trinajstić information content (AvgIpc) is 3.12. The van der Waals surface area contributed by atoms with Crippen LogP contribution in [0.1, 0.15) is 22.4 Å². The van der Waals surface area contributed by atoms with Crippen molar-refractivity contribution < 1.29 is 0 Å². The average molecular weight is 386 g/mol. The molecule has 0 fully saturated rings. The third-order valence-corrected chi connectivity index (χ3v) is 5.82. The van der Waals surface area contributed by atoms with Gasteiger partial charge in [0, 0.05) is 16.7 Å². The van der Waals surface area contributed by atoms with Crippen molar-refractivity contribution >= 4 is 28.4 Å². The molecule has 5 rings (SSSR count). The van der Waals surface area contributed by atoms with Crippen LogP contribution in [0.3, 0.4) is 0 Å². The van der Waals surface area contributed by atoms with E-state index >= 15 is 0 Å². The summed E-state index contributed by atoms with van der Waals surface area (Å²) in [4.78, 5) is 0. The Balaban J connectivity index is 1.65. The Kier molecular flexibility index (Phi) is 3.98. The number of nitrogens with zero attached hydrogens (tertiary/aromatic N) is 6. The maximum absolute atomic E-state index is 4.86. The van der Waals surface area contributed by atoms with Crippen LogP contribution >= 0.6 is 11.8 Å². The fraction of sp³-hybridized carbons (Fsp3) is 0.190. The summed E-state index contributed by atoms with van der Waals surface area (Å²) in [6.45, 7) is 6.24. The summed E-state index contributed by atoms with van der Waals surface area (Å²) in [5.41, 5.74) is 7.11. The van der Waals surface area contributed by atoms with E-state index in [0.29, 0.717) is 5.75 Å². The van der Waals surface area contributed by atoms with Crippen LogP contribution in [-0.2, 0) is 0 Å². The molecule has 0 N–H and O–H groups in total. The van der Waals surface area contributed by atoms with Crippen molar-refractivity contribution in [1.29, 1.82) is 0 Å². The zero-order valence-corrected chi connectivity index (χ0v) is 16.7. The van der Waals surface area contributed by atoms with E-state index in [4.69, 9.17) is 5.10 Å². The number of hydrogen-bond acceptors (Lipinski definition) is 6. The first-order valence-electron chi connectivity index (χ1n) is 9.07. The summed E-state index contributed by atoms with van der Waals surface area (Å²) in [6.07, 6.45) is 0. The second kappa shape index (κ2) is 6.53. The van der Waals surface area contributed by atoms with Gasteiger partial charge in [0.2, 0.25) is 5.16 Å². The zero-order valence-electron chi connectivity index (χ0n) is 15.8. The monoisotopic (exact) mass is 386 g/mol. The van der Waals surface area contributed by atoms with Crippen molar-refractivity contribution in [2.24, 2.45) is 5.10 Å². The summed E-state index contributed by atoms with van der Waals surface area (Å²) >= 11 is 1.62. The number of thioether (sulfide) groups is 1. The van der Waals surface area contributed by atoms with Crippen molar-refractivity contribution in [2.45, 2.75) is 25.9 Å². The second-order valence-corrected chi connectivity index (χ2v) is 7.96. The van der Waals surface area contributed by atoms with Crippen molar-refractivity contribution in [2.75, 3.05) is 5.75 Å². The molecular formula is C21H18N6S. The number of rotatable bonds is 2. The maximum atomic E-state index is 4.86. The topological polar surface area (TPSA) is 68.8 Å². The van der Waals surface area contributed by atoms with Crippen LogP contribution in [0.15, 0.2) is 52.7 Å². The molecule has 1 aliphatic heterocycles. The lowest BCUT2D eigenvalue weighted by Crippen LogP contribution is -2.17. The molecule has 28 heavy (non-hydrogen) atoms. The van der Waals surface area contributed by atoms with E-state index in [9.17, 15) is 0 Å². The van der Waals surface area contributed by atoms with Crippen LogP contribution < -0.4 is 0 Å². The number of fused-ring (bicyclic) bond motifs is 2. The van der Waals surface area contributed by atoms with Gasteiger partial charge in [0.15, 0.2) is 5.82 Å². The van der Waals surface area contributed by atoms with Crippen LogP contribution in [-0.4, -0.2) is 36.5 Å². The highest BCUT2D eigenvalue weighted by atomic mass is 32.2. The molecule has 2 aromatic heterocycles. The van der Waals surface area contributed by atoms with Gasteiger partial charge in [-0.05, 0) is 44.5 Å². The molecule has 0 saturated carbocycles. The molecule has 0 amide bonds. The molecule has 7 heteroatoms. The fourth-order valence-corrected chi connectivity index (χ4v) is 4.23. The van der Waals surface area contributed by atoms with Gasteiger partial charge < -0.3 is 0 Å². The summed E-state index contributed by atoms with van der Waals surface area (Å²) in [7, 11) is 0. The van der Waals surface area contributed by atoms with E-state index in [1.54, 1.807) is 11.8 Å². The molecule has 6 nitrogen and oxygen atoms in total. The summed E-state index contributed by atoms with van der Waals surface area (Å²) in [5, 5.41) is 24.3. The van der Waals surface area contributed by atoms with Crippen LogP contribution in [0.25, 0.3) is 22.3 Å². The second-order valence-electron chi connectivity index (χ2n) is 7.02. The van der Waals surface area contributed by atoms with E-state index in [-0.39, 0.29) is 0 Å². The molecule has 0 aliphatic carbocycles. The highest BCUT2D eigenvalue weighted by molar-refractivity contribution is 7.99. The van der Waals surface area contributed by atoms with E-state index in [1.165, 1.54) is 11.1 Å². The minimum absolute atomic E-state index is 0.693. The van der Waals surface area contributed by atoms with Gasteiger partial charge in [0.05, 0.1) is 11.2 Å². The number of aromatic nitrogens is 5. The molecule has 1 aliphatic rings. The lowest BCUT2D eigenvalue weighted by atomic mass is 10.0. The van der Waals surface area contributed by atoms with Gasteiger partial charge in [-0.25, -0.2) is 0 Å². The normalized spacial score (nSPS) is 13.5.